The highest BCUT2D eigenvalue weighted by Crippen LogP contribution is 2.19. The number of nitrogens with zero attached hydrogens (tertiary/aromatic N) is 1. The maximum Gasteiger partial charge on any atom is 0.265 e. The Morgan fingerprint density at radius 2 is 1.62 bits per heavy atom. The average molecular weight is 326 g/mol. The van der Waals surface area contributed by atoms with E-state index in [4.69, 9.17) is 4.74 Å². The van der Waals surface area contributed by atoms with Gasteiger partial charge in [-0.2, -0.15) is 0 Å². The fourth-order valence-corrected chi connectivity index (χ4v) is 2.55. The molecule has 0 bridgehead atoms. The van der Waals surface area contributed by atoms with Crippen LogP contribution >= 0.6 is 0 Å². The highest BCUT2D eigenvalue weighted by atomic mass is 16.5. The second-order valence-corrected chi connectivity index (χ2v) is 5.54. The maximum atomic E-state index is 12.4. The highest BCUT2D eigenvalue weighted by molar-refractivity contribution is 5.94. The Bertz CT molecular complexity index is 622. The lowest BCUT2D eigenvalue weighted by Gasteiger charge is -2.21. The molecular weight excluding hydrogens is 300 g/mol. The van der Waals surface area contributed by atoms with Gasteiger partial charge in [-0.05, 0) is 56.7 Å². The van der Waals surface area contributed by atoms with Gasteiger partial charge < -0.3 is 15.0 Å². The van der Waals surface area contributed by atoms with E-state index >= 15 is 0 Å². The molecule has 1 amide bonds. The molecule has 0 unspecified atom stereocenters. The van der Waals surface area contributed by atoms with Gasteiger partial charge in [0, 0.05) is 24.5 Å². The number of ether oxygens (including phenoxy) is 1. The number of carbonyl (C=O) groups excluding carboxylic acids is 1. The molecule has 0 aliphatic heterocycles. The lowest BCUT2D eigenvalue weighted by Crippen LogP contribution is -2.32. The monoisotopic (exact) mass is 326 g/mol. The molecule has 128 valence electrons. The summed E-state index contributed by atoms with van der Waals surface area (Å²) in [6.07, 6.45) is 0.105. The van der Waals surface area contributed by atoms with Gasteiger partial charge in [-0.1, -0.05) is 25.1 Å². The molecule has 0 aliphatic rings. The van der Waals surface area contributed by atoms with Gasteiger partial charge in [-0.3, -0.25) is 4.79 Å². The van der Waals surface area contributed by atoms with Crippen LogP contribution in [0.3, 0.4) is 0 Å². The van der Waals surface area contributed by atoms with Gasteiger partial charge in [0.15, 0.2) is 6.10 Å². The first-order chi connectivity index (χ1) is 11.7. The van der Waals surface area contributed by atoms with Gasteiger partial charge in [0.25, 0.3) is 5.91 Å². The average Bonchev–Trinajstić information content (AvgIpc) is 2.63. The van der Waals surface area contributed by atoms with E-state index in [0.29, 0.717) is 12.2 Å². The molecule has 0 radical (unpaired) electrons. The van der Waals surface area contributed by atoms with Crippen molar-refractivity contribution >= 4 is 17.3 Å². The van der Waals surface area contributed by atoms with Gasteiger partial charge in [-0.25, -0.2) is 0 Å². The van der Waals surface area contributed by atoms with Gasteiger partial charge in [-0.15, -0.1) is 0 Å². The molecule has 24 heavy (non-hydrogen) atoms. The van der Waals surface area contributed by atoms with Crippen molar-refractivity contribution in [2.75, 3.05) is 23.3 Å². The van der Waals surface area contributed by atoms with E-state index < -0.39 is 6.10 Å². The minimum Gasteiger partial charge on any atom is -0.481 e. The Labute approximate surface area is 144 Å². The highest BCUT2D eigenvalue weighted by Gasteiger charge is 2.18. The van der Waals surface area contributed by atoms with E-state index in [1.54, 1.807) is 0 Å². The molecule has 2 aromatic carbocycles. The van der Waals surface area contributed by atoms with E-state index in [1.807, 2.05) is 61.5 Å². The smallest absolute Gasteiger partial charge is 0.265 e. The third kappa shape index (κ3) is 4.75. The van der Waals surface area contributed by atoms with Crippen LogP contribution in [0.25, 0.3) is 0 Å². The molecule has 0 aliphatic carbocycles. The molecule has 0 fully saturated rings. The van der Waals surface area contributed by atoms with Crippen molar-refractivity contribution in [2.24, 2.45) is 0 Å². The number of rotatable bonds is 8. The summed E-state index contributed by atoms with van der Waals surface area (Å²) in [6.45, 7) is 8.13. The largest absolute Gasteiger partial charge is 0.481 e. The molecule has 1 N–H and O–H groups in total. The quantitative estimate of drug-likeness (QED) is 0.785. The Hall–Kier alpha value is -2.49. The van der Waals surface area contributed by atoms with Gasteiger partial charge in [0.2, 0.25) is 0 Å². The Balaban J connectivity index is 1.99. The number of anilines is 2. The predicted octanol–water partition coefficient (Wildman–Crippen LogP) is 4.33. The molecule has 0 aromatic heterocycles. The summed E-state index contributed by atoms with van der Waals surface area (Å²) in [5, 5.41) is 2.93. The van der Waals surface area contributed by atoms with Crippen molar-refractivity contribution in [3.63, 3.8) is 0 Å². The zero-order valence-electron chi connectivity index (χ0n) is 14.7. The minimum absolute atomic E-state index is 0.128. The zero-order valence-corrected chi connectivity index (χ0v) is 14.7. The van der Waals surface area contributed by atoms with Gasteiger partial charge in [0.1, 0.15) is 5.75 Å². The third-order valence-electron chi connectivity index (χ3n) is 3.95. The standard InChI is InChI=1S/C20H26N2O2/c1-4-19(24-18-10-8-7-9-11-18)20(23)21-16-12-14-17(15-13-16)22(5-2)6-3/h7-15,19H,4-6H2,1-3H3,(H,21,23)/t19-/m0/s1. The van der Waals surface area contributed by atoms with E-state index in [0.717, 1.165) is 24.5 Å². The van der Waals surface area contributed by atoms with Crippen molar-refractivity contribution < 1.29 is 9.53 Å². The molecule has 4 nitrogen and oxygen atoms in total. The van der Waals surface area contributed by atoms with Crippen LogP contribution in [0.5, 0.6) is 5.75 Å². The zero-order chi connectivity index (χ0) is 17.4. The van der Waals surface area contributed by atoms with Crippen LogP contribution in [0.2, 0.25) is 0 Å². The first-order valence-electron chi connectivity index (χ1n) is 8.55. The Kier molecular flexibility index (Phi) is 6.67. The molecular formula is C20H26N2O2. The second-order valence-electron chi connectivity index (χ2n) is 5.54. The van der Waals surface area contributed by atoms with Gasteiger partial charge >= 0.3 is 0 Å². The SMILES string of the molecule is CC[C@H](Oc1ccccc1)C(=O)Nc1ccc(N(CC)CC)cc1. The predicted molar refractivity (Wildman–Crippen MR) is 99.8 cm³/mol. The minimum atomic E-state index is -0.505. The van der Waals surface area contributed by atoms with Crippen molar-refractivity contribution in [1.29, 1.82) is 0 Å². The summed E-state index contributed by atoms with van der Waals surface area (Å²) < 4.78 is 5.77. The van der Waals surface area contributed by atoms with Crippen LogP contribution in [0.15, 0.2) is 54.6 Å². The number of para-hydroxylation sites is 1. The number of hydrogen-bond donors (Lipinski definition) is 1. The number of hydrogen-bond acceptors (Lipinski definition) is 3. The van der Waals surface area contributed by atoms with Crippen LogP contribution in [0, 0.1) is 0 Å². The number of benzene rings is 2. The van der Waals surface area contributed by atoms with Crippen LogP contribution in [0.1, 0.15) is 27.2 Å². The molecule has 0 saturated heterocycles. The van der Waals surface area contributed by atoms with Crippen molar-refractivity contribution in [1.82, 2.24) is 0 Å². The van der Waals surface area contributed by atoms with Crippen molar-refractivity contribution in [2.45, 2.75) is 33.3 Å². The summed E-state index contributed by atoms with van der Waals surface area (Å²) >= 11 is 0. The molecule has 0 spiro atoms. The summed E-state index contributed by atoms with van der Waals surface area (Å²) in [4.78, 5) is 14.7. The second kappa shape index (κ2) is 8.96. The topological polar surface area (TPSA) is 41.6 Å². The molecule has 2 aromatic rings. The van der Waals surface area contributed by atoms with Crippen LogP contribution in [0.4, 0.5) is 11.4 Å². The number of nitrogens with one attached hydrogen (secondary N) is 1. The summed E-state index contributed by atoms with van der Waals surface area (Å²) in [5.41, 5.74) is 1.94. The molecule has 0 heterocycles. The molecule has 2 rings (SSSR count). The fourth-order valence-electron chi connectivity index (χ4n) is 2.55. The van der Waals surface area contributed by atoms with E-state index in [9.17, 15) is 4.79 Å². The van der Waals surface area contributed by atoms with Crippen LogP contribution in [-0.4, -0.2) is 25.1 Å². The van der Waals surface area contributed by atoms with Crippen LogP contribution in [-0.2, 0) is 4.79 Å². The normalized spacial score (nSPS) is 11.6. The van der Waals surface area contributed by atoms with Crippen molar-refractivity contribution in [3.05, 3.63) is 54.6 Å². The number of amides is 1. The summed E-state index contributed by atoms with van der Waals surface area (Å²) in [5.74, 6) is 0.577. The first kappa shape index (κ1) is 17.9. The lowest BCUT2D eigenvalue weighted by atomic mass is 10.2. The molecule has 1 atom stereocenters. The Morgan fingerprint density at radius 1 is 1.00 bits per heavy atom. The van der Waals surface area contributed by atoms with Crippen LogP contribution < -0.4 is 15.0 Å². The van der Waals surface area contributed by atoms with Crippen molar-refractivity contribution in [3.8, 4) is 5.75 Å². The Morgan fingerprint density at radius 3 is 2.17 bits per heavy atom. The molecule has 0 saturated carbocycles. The van der Waals surface area contributed by atoms with E-state index in [1.165, 1.54) is 0 Å². The van der Waals surface area contributed by atoms with E-state index in [-0.39, 0.29) is 5.91 Å². The maximum absolute atomic E-state index is 12.4. The first-order valence-corrected chi connectivity index (χ1v) is 8.55. The summed E-state index contributed by atoms with van der Waals surface area (Å²) in [7, 11) is 0. The third-order valence-corrected chi connectivity index (χ3v) is 3.95. The summed E-state index contributed by atoms with van der Waals surface area (Å²) in [6, 6.07) is 17.3. The van der Waals surface area contributed by atoms with E-state index in [2.05, 4.69) is 24.1 Å². The lowest BCUT2D eigenvalue weighted by molar-refractivity contribution is -0.122. The van der Waals surface area contributed by atoms with Gasteiger partial charge in [0.05, 0.1) is 0 Å². The molecule has 4 heteroatoms. The number of carbonyl (C=O) groups is 1. The fraction of sp³-hybridized carbons (Fsp3) is 0.350.